The van der Waals surface area contributed by atoms with Crippen molar-refractivity contribution >= 4 is 36.1 Å². The molecule has 0 aromatic carbocycles. The molecule has 0 atom stereocenters. The Balaban J connectivity index is 2.32. The van der Waals surface area contributed by atoms with Crippen molar-refractivity contribution in [2.24, 2.45) is 0 Å². The molecule has 1 fully saturated rings. The second-order valence-electron chi connectivity index (χ2n) is 3.51. The summed E-state index contributed by atoms with van der Waals surface area (Å²) >= 11 is 7.28. The summed E-state index contributed by atoms with van der Waals surface area (Å²) in [5, 5.41) is 0. The van der Waals surface area contributed by atoms with Crippen molar-refractivity contribution in [1.82, 2.24) is 0 Å². The molecule has 0 aromatic rings. The molecule has 0 saturated heterocycles. The van der Waals surface area contributed by atoms with Gasteiger partial charge >= 0.3 is 5.56 Å². The molecule has 0 aromatic heterocycles. The third-order valence-corrected chi connectivity index (χ3v) is 6.78. The summed E-state index contributed by atoms with van der Waals surface area (Å²) in [6.07, 6.45) is 8.86. The maximum Gasteiger partial charge on any atom is 0.340 e. The standard InChI is InChI=1S/C9H16Br2OSi/c1-2-8-13(10,11)12-9-6-4-3-5-7-9/h2,9H,1,3-8H2. The van der Waals surface area contributed by atoms with Gasteiger partial charge in [-0.25, -0.2) is 0 Å². The first-order valence-corrected chi connectivity index (χ1v) is 11.4. The van der Waals surface area contributed by atoms with Gasteiger partial charge in [-0.3, -0.25) is 0 Å². The van der Waals surface area contributed by atoms with Crippen LogP contribution in [0.25, 0.3) is 0 Å². The zero-order valence-corrected chi connectivity index (χ0v) is 11.9. The van der Waals surface area contributed by atoms with E-state index >= 15 is 0 Å². The predicted molar refractivity (Wildman–Crippen MR) is 66.6 cm³/mol. The maximum atomic E-state index is 6.02. The van der Waals surface area contributed by atoms with E-state index in [9.17, 15) is 0 Å². The van der Waals surface area contributed by atoms with Crippen LogP contribution in [0.15, 0.2) is 12.7 Å². The van der Waals surface area contributed by atoms with Gasteiger partial charge in [0.2, 0.25) is 0 Å². The average molecular weight is 328 g/mol. The Morgan fingerprint density at radius 1 is 1.31 bits per heavy atom. The van der Waals surface area contributed by atoms with E-state index in [-0.39, 0.29) is 0 Å². The number of hydrogen-bond acceptors (Lipinski definition) is 1. The van der Waals surface area contributed by atoms with Gasteiger partial charge in [0.25, 0.3) is 0 Å². The van der Waals surface area contributed by atoms with Crippen molar-refractivity contribution in [3.8, 4) is 0 Å². The second kappa shape index (κ2) is 5.68. The van der Waals surface area contributed by atoms with Gasteiger partial charge in [-0.1, -0.05) is 55.9 Å². The van der Waals surface area contributed by atoms with Crippen molar-refractivity contribution in [3.63, 3.8) is 0 Å². The predicted octanol–water partition coefficient (Wildman–Crippen LogP) is 4.25. The number of allylic oxidation sites excluding steroid dienone is 1. The Bertz CT molecular complexity index is 167. The molecule has 0 bridgehead atoms. The highest BCUT2D eigenvalue weighted by Crippen LogP contribution is 2.32. The van der Waals surface area contributed by atoms with Crippen molar-refractivity contribution in [2.45, 2.75) is 44.3 Å². The zero-order chi connectivity index (χ0) is 9.73. The first-order valence-electron chi connectivity index (χ1n) is 4.80. The van der Waals surface area contributed by atoms with Crippen LogP contribution in [0.1, 0.15) is 32.1 Å². The van der Waals surface area contributed by atoms with Gasteiger partial charge in [-0.05, 0) is 12.8 Å². The molecule has 1 nitrogen and oxygen atoms in total. The van der Waals surface area contributed by atoms with E-state index in [4.69, 9.17) is 4.43 Å². The Labute approximate surface area is 97.2 Å². The van der Waals surface area contributed by atoms with Gasteiger partial charge in [0.15, 0.2) is 0 Å². The molecule has 4 heteroatoms. The summed E-state index contributed by atoms with van der Waals surface area (Å²) in [7, 11) is 0. The Morgan fingerprint density at radius 3 is 2.46 bits per heavy atom. The molecule has 0 spiro atoms. The molecule has 1 aliphatic carbocycles. The fourth-order valence-electron chi connectivity index (χ4n) is 1.64. The SMILES string of the molecule is C=CC[Si](Br)(Br)OC1CCCCC1. The summed E-state index contributed by atoms with van der Waals surface area (Å²) in [5.74, 6) is 0. The minimum atomic E-state index is -1.78. The minimum Gasteiger partial charge on any atom is -0.395 e. The highest BCUT2D eigenvalue weighted by molar-refractivity contribution is 9.50. The fraction of sp³-hybridized carbons (Fsp3) is 0.778. The summed E-state index contributed by atoms with van der Waals surface area (Å²) in [4.78, 5) is 0. The van der Waals surface area contributed by atoms with E-state index in [1.54, 1.807) is 0 Å². The van der Waals surface area contributed by atoms with Crippen LogP contribution < -0.4 is 0 Å². The van der Waals surface area contributed by atoms with Crippen LogP contribution in [-0.4, -0.2) is 11.7 Å². The zero-order valence-electron chi connectivity index (χ0n) is 7.77. The third kappa shape index (κ3) is 4.77. The molecule has 1 rings (SSSR count). The molecule has 0 unspecified atom stereocenters. The van der Waals surface area contributed by atoms with Crippen molar-refractivity contribution < 1.29 is 4.43 Å². The van der Waals surface area contributed by atoms with Crippen LogP contribution in [0.3, 0.4) is 0 Å². The number of halogens is 2. The number of rotatable bonds is 4. The summed E-state index contributed by atoms with van der Waals surface area (Å²) < 4.78 is 6.02. The lowest BCUT2D eigenvalue weighted by Gasteiger charge is -2.28. The number of hydrogen-bond donors (Lipinski definition) is 0. The van der Waals surface area contributed by atoms with Crippen molar-refractivity contribution in [2.75, 3.05) is 0 Å². The Morgan fingerprint density at radius 2 is 1.92 bits per heavy atom. The molecule has 0 amide bonds. The van der Waals surface area contributed by atoms with E-state index in [1.165, 1.54) is 32.1 Å². The Hall–Kier alpha value is 0.877. The van der Waals surface area contributed by atoms with Gasteiger partial charge in [0.05, 0.1) is 0 Å². The molecular weight excluding hydrogens is 312 g/mol. The van der Waals surface area contributed by atoms with Gasteiger partial charge in [-0.2, -0.15) is 0 Å². The quantitative estimate of drug-likeness (QED) is 0.426. The van der Waals surface area contributed by atoms with Crippen LogP contribution in [0.4, 0.5) is 0 Å². The monoisotopic (exact) mass is 326 g/mol. The van der Waals surface area contributed by atoms with Crippen LogP contribution in [0.5, 0.6) is 0 Å². The summed E-state index contributed by atoms with van der Waals surface area (Å²) in [6, 6.07) is 0.920. The Kier molecular flexibility index (Phi) is 5.22. The molecule has 1 aliphatic rings. The van der Waals surface area contributed by atoms with Crippen molar-refractivity contribution in [1.29, 1.82) is 0 Å². The largest absolute Gasteiger partial charge is 0.395 e. The minimum absolute atomic E-state index is 0.471. The summed E-state index contributed by atoms with van der Waals surface area (Å²) in [6.45, 7) is 3.73. The highest BCUT2D eigenvalue weighted by atomic mass is 79.9. The van der Waals surface area contributed by atoms with E-state index in [1.807, 2.05) is 6.08 Å². The van der Waals surface area contributed by atoms with E-state index < -0.39 is 5.56 Å². The molecule has 13 heavy (non-hydrogen) atoms. The van der Waals surface area contributed by atoms with E-state index in [0.29, 0.717) is 6.10 Å². The lowest BCUT2D eigenvalue weighted by atomic mass is 9.98. The molecule has 76 valence electrons. The molecule has 1 saturated carbocycles. The maximum absolute atomic E-state index is 6.02. The van der Waals surface area contributed by atoms with Crippen LogP contribution in [0.2, 0.25) is 6.04 Å². The topological polar surface area (TPSA) is 9.23 Å². The smallest absolute Gasteiger partial charge is 0.340 e. The van der Waals surface area contributed by atoms with Crippen LogP contribution in [0, 0.1) is 0 Å². The molecule has 0 radical (unpaired) electrons. The third-order valence-electron chi connectivity index (χ3n) is 2.27. The lowest BCUT2D eigenvalue weighted by Crippen LogP contribution is -2.30. The van der Waals surface area contributed by atoms with Crippen LogP contribution >= 0.6 is 30.6 Å². The summed E-state index contributed by atoms with van der Waals surface area (Å²) in [5.41, 5.74) is -1.78. The molecule has 0 N–H and O–H groups in total. The van der Waals surface area contributed by atoms with Gasteiger partial charge < -0.3 is 4.43 Å². The van der Waals surface area contributed by atoms with Crippen molar-refractivity contribution in [3.05, 3.63) is 12.7 Å². The molecule has 0 heterocycles. The van der Waals surface area contributed by atoms with E-state index in [2.05, 4.69) is 37.2 Å². The highest BCUT2D eigenvalue weighted by Gasteiger charge is 2.31. The van der Waals surface area contributed by atoms with Gasteiger partial charge in [0, 0.05) is 12.1 Å². The first kappa shape index (κ1) is 11.9. The molecule has 0 aliphatic heterocycles. The lowest BCUT2D eigenvalue weighted by molar-refractivity contribution is 0.158. The van der Waals surface area contributed by atoms with Gasteiger partial charge in [0.1, 0.15) is 0 Å². The fourth-order valence-corrected chi connectivity index (χ4v) is 5.76. The van der Waals surface area contributed by atoms with Crippen LogP contribution in [-0.2, 0) is 4.43 Å². The normalized spacial score (nSPS) is 20.2. The molecular formula is C9H16Br2OSi. The first-order chi connectivity index (χ1) is 6.14. The van der Waals surface area contributed by atoms with Gasteiger partial charge in [-0.15, -0.1) is 6.58 Å². The van der Waals surface area contributed by atoms with E-state index in [0.717, 1.165) is 6.04 Å². The average Bonchev–Trinajstić information content (AvgIpc) is 2.04. The second-order valence-corrected chi connectivity index (χ2v) is 16.3.